The zero-order chi connectivity index (χ0) is 20.2. The number of nitrogens with one attached hydrogen (secondary N) is 1. The summed E-state index contributed by atoms with van der Waals surface area (Å²) in [5.74, 6) is -3.60. The van der Waals surface area contributed by atoms with Crippen molar-refractivity contribution < 1.29 is 27.8 Å². The molecule has 0 unspecified atom stereocenters. The molecule has 27 heavy (non-hydrogen) atoms. The van der Waals surface area contributed by atoms with Gasteiger partial charge in [-0.2, -0.15) is 0 Å². The van der Waals surface area contributed by atoms with Crippen molar-refractivity contribution in [3.63, 3.8) is 0 Å². The second-order valence-corrected chi connectivity index (χ2v) is 7.65. The van der Waals surface area contributed by atoms with Gasteiger partial charge in [0.05, 0.1) is 12.2 Å². The molecule has 0 heterocycles. The van der Waals surface area contributed by atoms with Crippen molar-refractivity contribution >= 4 is 11.9 Å². The van der Waals surface area contributed by atoms with Crippen molar-refractivity contribution in [1.82, 2.24) is 5.32 Å². The van der Waals surface area contributed by atoms with E-state index in [9.17, 15) is 18.4 Å². The summed E-state index contributed by atoms with van der Waals surface area (Å²) in [5, 5.41) is 2.67. The number of carbonyl (C=O) groups is 2. The van der Waals surface area contributed by atoms with Gasteiger partial charge in [-0.05, 0) is 51.7 Å². The number of ether oxygens (including phenoxy) is 2. The molecule has 0 aliphatic heterocycles. The summed E-state index contributed by atoms with van der Waals surface area (Å²) >= 11 is 0. The van der Waals surface area contributed by atoms with Gasteiger partial charge in [-0.15, -0.1) is 0 Å². The van der Waals surface area contributed by atoms with Gasteiger partial charge in [-0.25, -0.2) is 13.6 Å². The fraction of sp³-hybridized carbons (Fsp3) is 0.600. The molecule has 0 aromatic heterocycles. The van der Waals surface area contributed by atoms with Crippen LogP contribution in [0.1, 0.15) is 52.0 Å². The summed E-state index contributed by atoms with van der Waals surface area (Å²) < 4.78 is 37.9. The molecule has 3 atom stereocenters. The van der Waals surface area contributed by atoms with Gasteiger partial charge in [-0.3, -0.25) is 4.79 Å². The lowest BCUT2D eigenvalue weighted by molar-refractivity contribution is -0.148. The van der Waals surface area contributed by atoms with E-state index >= 15 is 0 Å². The topological polar surface area (TPSA) is 64.6 Å². The van der Waals surface area contributed by atoms with Crippen LogP contribution in [0.5, 0.6) is 0 Å². The lowest BCUT2D eigenvalue weighted by atomic mass is 10.1. The van der Waals surface area contributed by atoms with Crippen LogP contribution in [0.2, 0.25) is 0 Å². The molecule has 7 heteroatoms. The van der Waals surface area contributed by atoms with Gasteiger partial charge < -0.3 is 14.8 Å². The molecule has 0 bridgehead atoms. The van der Waals surface area contributed by atoms with Gasteiger partial charge in [0.1, 0.15) is 6.04 Å². The molecule has 0 radical (unpaired) electrons. The third kappa shape index (κ3) is 5.99. The average Bonchev–Trinajstić information content (AvgIpc) is 3.36. The molecule has 0 spiro atoms. The van der Waals surface area contributed by atoms with Crippen LogP contribution >= 0.6 is 0 Å². The second-order valence-electron chi connectivity index (χ2n) is 7.65. The summed E-state index contributed by atoms with van der Waals surface area (Å²) in [7, 11) is 0. The normalized spacial score (nSPS) is 20.1. The summed E-state index contributed by atoms with van der Waals surface area (Å²) in [4.78, 5) is 24.6. The maximum absolute atomic E-state index is 13.9. The second kappa shape index (κ2) is 8.78. The zero-order valence-corrected chi connectivity index (χ0v) is 16.2. The van der Waals surface area contributed by atoms with E-state index in [4.69, 9.17) is 9.47 Å². The molecule has 1 aromatic rings. The molecule has 1 aliphatic carbocycles. The summed E-state index contributed by atoms with van der Waals surface area (Å²) in [6, 6.07) is 3.11. The van der Waals surface area contributed by atoms with Gasteiger partial charge in [0.15, 0.2) is 11.6 Å². The number of rotatable bonds is 8. The van der Waals surface area contributed by atoms with E-state index in [2.05, 4.69) is 5.32 Å². The Bertz CT molecular complexity index is 687. The average molecular weight is 383 g/mol. The van der Waals surface area contributed by atoms with E-state index in [1.165, 1.54) is 12.1 Å². The molecule has 1 saturated carbocycles. The van der Waals surface area contributed by atoms with Crippen LogP contribution in [0, 0.1) is 17.6 Å². The minimum Gasteiger partial charge on any atom is -0.464 e. The largest absolute Gasteiger partial charge is 0.464 e. The predicted octanol–water partition coefficient (Wildman–Crippen LogP) is 3.32. The van der Waals surface area contributed by atoms with Crippen LogP contribution in [0.25, 0.3) is 0 Å². The third-order valence-corrected chi connectivity index (χ3v) is 4.34. The van der Waals surface area contributed by atoms with Gasteiger partial charge >= 0.3 is 5.97 Å². The minimum atomic E-state index is -0.928. The molecule has 5 nitrogen and oxygen atoms in total. The van der Waals surface area contributed by atoms with Gasteiger partial charge in [0, 0.05) is 18.9 Å². The smallest absolute Gasteiger partial charge is 0.328 e. The first-order valence-electron chi connectivity index (χ1n) is 9.19. The van der Waals surface area contributed by atoms with E-state index in [0.717, 1.165) is 6.07 Å². The van der Waals surface area contributed by atoms with E-state index in [1.807, 2.05) is 20.8 Å². The Morgan fingerprint density at radius 1 is 1.30 bits per heavy atom. The van der Waals surface area contributed by atoms with Crippen LogP contribution in [-0.2, 0) is 19.1 Å². The summed E-state index contributed by atoms with van der Waals surface area (Å²) in [5.41, 5.74) is -0.168. The first-order valence-corrected chi connectivity index (χ1v) is 9.19. The number of esters is 1. The standard InChI is InChI=1S/C20H27F2NO4/c1-5-26-19(25)16(9-10-27-20(2,3)4)23-18(24)14-11-13(14)12-7-6-8-15(21)17(12)22/h6-8,13-14,16H,5,9-11H2,1-4H3,(H,23,24)/t13-,14-,16+/m1/s1. The van der Waals surface area contributed by atoms with Crippen LogP contribution < -0.4 is 5.32 Å². The molecule has 2 rings (SSSR count). The highest BCUT2D eigenvalue weighted by molar-refractivity contribution is 5.88. The number of carbonyl (C=O) groups excluding carboxylic acids is 2. The van der Waals surface area contributed by atoms with Crippen molar-refractivity contribution in [3.05, 3.63) is 35.4 Å². The Labute approximate surface area is 158 Å². The number of benzene rings is 1. The van der Waals surface area contributed by atoms with Crippen LogP contribution in [0.4, 0.5) is 8.78 Å². The van der Waals surface area contributed by atoms with Crippen molar-refractivity contribution in [3.8, 4) is 0 Å². The van der Waals surface area contributed by atoms with E-state index in [-0.39, 0.29) is 42.6 Å². The molecule has 1 N–H and O–H groups in total. The maximum Gasteiger partial charge on any atom is 0.328 e. The molecule has 1 fully saturated rings. The van der Waals surface area contributed by atoms with Crippen molar-refractivity contribution in [2.24, 2.45) is 5.92 Å². The molecule has 1 aliphatic rings. The number of halogens is 2. The van der Waals surface area contributed by atoms with Crippen molar-refractivity contribution in [2.45, 2.75) is 58.1 Å². The van der Waals surface area contributed by atoms with E-state index < -0.39 is 29.6 Å². The SMILES string of the molecule is CCOC(=O)[C@H](CCOC(C)(C)C)NC(=O)[C@@H]1C[C@@H]1c1cccc(F)c1F. The Balaban J connectivity index is 1.97. The van der Waals surface area contributed by atoms with E-state index in [1.54, 1.807) is 6.92 Å². The third-order valence-electron chi connectivity index (χ3n) is 4.34. The quantitative estimate of drug-likeness (QED) is 0.700. The molecular weight excluding hydrogens is 356 g/mol. The lowest BCUT2D eigenvalue weighted by Crippen LogP contribution is -2.43. The lowest BCUT2D eigenvalue weighted by Gasteiger charge is -2.22. The Kier molecular flexibility index (Phi) is 6.92. The Hall–Kier alpha value is -2.02. The van der Waals surface area contributed by atoms with Crippen molar-refractivity contribution in [2.75, 3.05) is 13.2 Å². The zero-order valence-electron chi connectivity index (χ0n) is 16.2. The number of hydrogen-bond acceptors (Lipinski definition) is 4. The molecule has 1 amide bonds. The fourth-order valence-corrected chi connectivity index (χ4v) is 2.89. The molecule has 150 valence electrons. The predicted molar refractivity (Wildman–Crippen MR) is 96.1 cm³/mol. The maximum atomic E-state index is 13.9. The highest BCUT2D eigenvalue weighted by Crippen LogP contribution is 2.48. The highest BCUT2D eigenvalue weighted by atomic mass is 19.2. The fourth-order valence-electron chi connectivity index (χ4n) is 2.89. The van der Waals surface area contributed by atoms with Crippen LogP contribution in [-0.4, -0.2) is 36.7 Å². The highest BCUT2D eigenvalue weighted by Gasteiger charge is 2.46. The minimum absolute atomic E-state index is 0.193. The van der Waals surface area contributed by atoms with Crippen LogP contribution in [0.15, 0.2) is 18.2 Å². The summed E-state index contributed by atoms with van der Waals surface area (Å²) in [6.07, 6.45) is 0.688. The number of amides is 1. The van der Waals surface area contributed by atoms with Gasteiger partial charge in [0.2, 0.25) is 5.91 Å². The Morgan fingerprint density at radius 3 is 2.63 bits per heavy atom. The first kappa shape index (κ1) is 21.3. The van der Waals surface area contributed by atoms with Crippen LogP contribution in [0.3, 0.4) is 0 Å². The Morgan fingerprint density at radius 2 is 2.00 bits per heavy atom. The molecular formula is C20H27F2NO4. The van der Waals surface area contributed by atoms with E-state index in [0.29, 0.717) is 6.42 Å². The first-order chi connectivity index (χ1) is 12.6. The number of hydrogen-bond donors (Lipinski definition) is 1. The monoisotopic (exact) mass is 383 g/mol. The van der Waals surface area contributed by atoms with Gasteiger partial charge in [0.25, 0.3) is 0 Å². The molecule has 0 saturated heterocycles. The summed E-state index contributed by atoms with van der Waals surface area (Å²) in [6.45, 7) is 7.85. The molecule has 1 aromatic carbocycles. The van der Waals surface area contributed by atoms with Crippen molar-refractivity contribution in [1.29, 1.82) is 0 Å². The van der Waals surface area contributed by atoms with Gasteiger partial charge in [-0.1, -0.05) is 12.1 Å².